The predicted octanol–water partition coefficient (Wildman–Crippen LogP) is 3.58. The van der Waals surface area contributed by atoms with E-state index in [1.54, 1.807) is 30.5 Å². The molecular weight excluding hydrogens is 430 g/mol. The van der Waals surface area contributed by atoms with E-state index < -0.39 is 5.97 Å². The van der Waals surface area contributed by atoms with Gasteiger partial charge in [-0.1, -0.05) is 18.2 Å². The second-order valence-corrected chi connectivity index (χ2v) is 7.62. The highest BCUT2D eigenvalue weighted by atomic mass is 32.1. The highest BCUT2D eigenvalue weighted by Crippen LogP contribution is 2.40. The summed E-state index contributed by atoms with van der Waals surface area (Å²) in [4.78, 5) is 29.4. The third-order valence-corrected chi connectivity index (χ3v) is 5.65. The summed E-state index contributed by atoms with van der Waals surface area (Å²) < 4.78 is 11.0. The zero-order valence-corrected chi connectivity index (χ0v) is 18.0. The van der Waals surface area contributed by atoms with Crippen LogP contribution in [0.5, 0.6) is 0 Å². The van der Waals surface area contributed by atoms with E-state index in [1.807, 2.05) is 29.2 Å². The number of pyridine rings is 1. The number of nitrogens with one attached hydrogen (secondary N) is 1. The predicted molar refractivity (Wildman–Crippen MR) is 120 cm³/mol. The third-order valence-electron chi connectivity index (χ3n) is 5.29. The molecule has 2 aromatic heterocycles. The van der Waals surface area contributed by atoms with Crippen LogP contribution in [0.15, 0.2) is 65.2 Å². The number of carbonyl (C=O) groups is 2. The number of thiocarbonyl (C=S) groups is 1. The summed E-state index contributed by atoms with van der Waals surface area (Å²) in [5, 5.41) is 13.1. The molecule has 8 nitrogen and oxygen atoms in total. The van der Waals surface area contributed by atoms with Gasteiger partial charge in [-0.15, -0.1) is 0 Å². The number of carboxylic acid groups (broad SMARTS) is 1. The first-order chi connectivity index (χ1) is 15.5. The summed E-state index contributed by atoms with van der Waals surface area (Å²) in [7, 11) is 1.35. The summed E-state index contributed by atoms with van der Waals surface area (Å²) in [6.45, 7) is 0.344. The molecule has 4 rings (SSSR count). The normalized spacial score (nSPS) is 17.8. The molecule has 1 aromatic carbocycles. The van der Waals surface area contributed by atoms with Crippen LogP contribution in [0.4, 0.5) is 0 Å². The van der Waals surface area contributed by atoms with Crippen LogP contribution in [0.3, 0.4) is 0 Å². The minimum absolute atomic E-state index is 0.165. The largest absolute Gasteiger partial charge is 0.478 e. The van der Waals surface area contributed by atoms with Gasteiger partial charge in [-0.3, -0.25) is 9.78 Å². The van der Waals surface area contributed by atoms with Gasteiger partial charge in [-0.25, -0.2) is 4.79 Å². The van der Waals surface area contributed by atoms with E-state index in [0.29, 0.717) is 28.7 Å². The first kappa shape index (κ1) is 21.5. The molecule has 1 saturated heterocycles. The first-order valence-electron chi connectivity index (χ1n) is 9.96. The van der Waals surface area contributed by atoms with Crippen molar-refractivity contribution in [1.29, 1.82) is 0 Å². The molecule has 3 heterocycles. The van der Waals surface area contributed by atoms with Crippen LogP contribution in [0.2, 0.25) is 0 Å². The fourth-order valence-electron chi connectivity index (χ4n) is 3.74. The zero-order valence-electron chi connectivity index (χ0n) is 17.2. The molecule has 1 fully saturated rings. The van der Waals surface area contributed by atoms with Crippen molar-refractivity contribution in [3.8, 4) is 11.3 Å². The van der Waals surface area contributed by atoms with Crippen LogP contribution in [0.25, 0.3) is 11.3 Å². The Morgan fingerprint density at radius 1 is 1.22 bits per heavy atom. The second kappa shape index (κ2) is 9.19. The van der Waals surface area contributed by atoms with Gasteiger partial charge in [-0.05, 0) is 48.6 Å². The van der Waals surface area contributed by atoms with E-state index >= 15 is 0 Å². The lowest BCUT2D eigenvalue weighted by atomic mass is 10.0. The third kappa shape index (κ3) is 4.33. The number of carboxylic acids is 1. The van der Waals surface area contributed by atoms with Gasteiger partial charge in [0, 0.05) is 18.3 Å². The molecule has 2 atom stereocenters. The fourth-order valence-corrected chi connectivity index (χ4v) is 4.07. The quantitative estimate of drug-likeness (QED) is 0.412. The molecule has 1 aliphatic rings. The number of aromatic carboxylic acids is 1. The number of aromatic nitrogens is 1. The van der Waals surface area contributed by atoms with Gasteiger partial charge in [-0.2, -0.15) is 0 Å². The Kier molecular flexibility index (Phi) is 6.18. The van der Waals surface area contributed by atoms with E-state index in [2.05, 4.69) is 10.3 Å². The molecule has 3 aromatic rings. The van der Waals surface area contributed by atoms with E-state index in [-0.39, 0.29) is 30.0 Å². The Labute approximate surface area is 189 Å². The maximum Gasteiger partial charge on any atom is 0.335 e. The van der Waals surface area contributed by atoms with Crippen molar-refractivity contribution >= 4 is 29.3 Å². The molecule has 32 heavy (non-hydrogen) atoms. The van der Waals surface area contributed by atoms with Crippen LogP contribution in [0.1, 0.15) is 40.3 Å². The molecule has 0 saturated carbocycles. The number of rotatable bonds is 7. The van der Waals surface area contributed by atoms with Crippen LogP contribution in [-0.2, 0) is 9.53 Å². The van der Waals surface area contributed by atoms with Crippen molar-refractivity contribution in [2.45, 2.75) is 18.5 Å². The number of hydrogen-bond donors (Lipinski definition) is 2. The molecule has 0 bridgehead atoms. The van der Waals surface area contributed by atoms with Gasteiger partial charge in [0.05, 0.1) is 30.8 Å². The lowest BCUT2D eigenvalue weighted by Crippen LogP contribution is -2.31. The summed E-state index contributed by atoms with van der Waals surface area (Å²) in [5.41, 5.74) is 1.61. The van der Waals surface area contributed by atoms with Crippen LogP contribution >= 0.6 is 12.2 Å². The first-order valence-corrected chi connectivity index (χ1v) is 10.4. The maximum absolute atomic E-state index is 11.7. The molecule has 0 amide bonds. The van der Waals surface area contributed by atoms with E-state index in [9.17, 15) is 14.7 Å². The van der Waals surface area contributed by atoms with Gasteiger partial charge in [0.15, 0.2) is 5.11 Å². The smallest absolute Gasteiger partial charge is 0.335 e. The van der Waals surface area contributed by atoms with Gasteiger partial charge in [0.2, 0.25) is 0 Å². The van der Waals surface area contributed by atoms with Crippen molar-refractivity contribution in [1.82, 2.24) is 15.2 Å². The van der Waals surface area contributed by atoms with Gasteiger partial charge >= 0.3 is 11.9 Å². The van der Waals surface area contributed by atoms with Crippen LogP contribution < -0.4 is 5.32 Å². The van der Waals surface area contributed by atoms with Crippen molar-refractivity contribution in [3.63, 3.8) is 0 Å². The minimum atomic E-state index is -1.01. The second-order valence-electron chi connectivity index (χ2n) is 7.23. The highest BCUT2D eigenvalue weighted by molar-refractivity contribution is 7.80. The highest BCUT2D eigenvalue weighted by Gasteiger charge is 2.41. The average Bonchev–Trinajstić information content (AvgIpc) is 3.42. The van der Waals surface area contributed by atoms with Gasteiger partial charge in [0.25, 0.3) is 0 Å². The monoisotopic (exact) mass is 451 g/mol. The number of furan rings is 1. The molecule has 0 aliphatic carbocycles. The van der Waals surface area contributed by atoms with E-state index in [0.717, 1.165) is 5.69 Å². The summed E-state index contributed by atoms with van der Waals surface area (Å²) in [6.07, 6.45) is 1.87. The standard InChI is InChI=1S/C23H21N3O5S/c1-30-19(27)10-12-26-21(20(25-23(26)32)16-7-2-3-11-24-16)18-9-8-17(31-18)14-5-4-6-15(13-14)22(28)29/h2-9,11,13,20-21H,10,12H2,1H3,(H,25,32)(H,28,29). The van der Waals surface area contributed by atoms with Crippen LogP contribution in [-0.4, -0.2) is 45.7 Å². The number of esters is 1. The van der Waals surface area contributed by atoms with E-state index in [1.165, 1.54) is 13.2 Å². The summed E-state index contributed by atoms with van der Waals surface area (Å²) in [5.74, 6) is -0.186. The Morgan fingerprint density at radius 3 is 2.78 bits per heavy atom. The molecular formula is C23H21N3O5S. The van der Waals surface area contributed by atoms with Crippen molar-refractivity contribution < 1.29 is 23.8 Å². The Bertz CT molecular complexity index is 1150. The topological polar surface area (TPSA) is 105 Å². The minimum Gasteiger partial charge on any atom is -0.478 e. The molecule has 1 aliphatic heterocycles. The molecule has 9 heteroatoms. The molecule has 2 unspecified atom stereocenters. The number of carbonyl (C=O) groups excluding carboxylic acids is 1. The summed E-state index contributed by atoms with van der Waals surface area (Å²) >= 11 is 5.56. The fraction of sp³-hybridized carbons (Fsp3) is 0.217. The number of hydrogen-bond acceptors (Lipinski definition) is 6. The Balaban J connectivity index is 1.69. The van der Waals surface area contributed by atoms with E-state index in [4.69, 9.17) is 21.4 Å². The van der Waals surface area contributed by atoms with Crippen molar-refractivity contribution in [2.75, 3.05) is 13.7 Å². The van der Waals surface area contributed by atoms with Gasteiger partial charge in [0.1, 0.15) is 17.6 Å². The lowest BCUT2D eigenvalue weighted by molar-refractivity contribution is -0.140. The Morgan fingerprint density at radius 2 is 2.06 bits per heavy atom. The number of methoxy groups -OCH3 is 1. The molecule has 164 valence electrons. The number of nitrogens with zero attached hydrogens (tertiary/aromatic N) is 2. The lowest BCUT2D eigenvalue weighted by Gasteiger charge is -2.25. The maximum atomic E-state index is 11.7. The molecule has 2 N–H and O–H groups in total. The number of ether oxygens (including phenoxy) is 1. The molecule has 0 radical (unpaired) electrons. The average molecular weight is 452 g/mol. The Hall–Kier alpha value is -3.72. The van der Waals surface area contributed by atoms with Crippen LogP contribution in [0, 0.1) is 0 Å². The molecule has 0 spiro atoms. The number of benzene rings is 1. The van der Waals surface area contributed by atoms with Crippen molar-refractivity contribution in [3.05, 3.63) is 77.8 Å². The zero-order chi connectivity index (χ0) is 22.7. The van der Waals surface area contributed by atoms with Gasteiger partial charge < -0.3 is 24.5 Å². The SMILES string of the molecule is COC(=O)CCN1C(=S)NC(c2ccccn2)C1c1ccc(-c2cccc(C(=O)O)c2)o1. The van der Waals surface area contributed by atoms with Crippen molar-refractivity contribution in [2.24, 2.45) is 0 Å². The summed E-state index contributed by atoms with van der Waals surface area (Å²) in [6, 6.07) is 15.2.